The van der Waals surface area contributed by atoms with Crippen LogP contribution in [0.3, 0.4) is 0 Å². The minimum atomic E-state index is -0.936. The van der Waals surface area contributed by atoms with Crippen LogP contribution in [0.4, 0.5) is 5.69 Å². The summed E-state index contributed by atoms with van der Waals surface area (Å²) in [5.74, 6) is -0.440. The van der Waals surface area contributed by atoms with Crippen LogP contribution in [0.15, 0.2) is 18.2 Å². The average molecular weight is 376 g/mol. The maximum Gasteiger partial charge on any atom is 0.339 e. The van der Waals surface area contributed by atoms with Crippen LogP contribution in [-0.4, -0.2) is 60.6 Å². The van der Waals surface area contributed by atoms with Gasteiger partial charge in [-0.05, 0) is 58.6 Å². The number of piperidine rings is 1. The van der Waals surface area contributed by atoms with E-state index in [1.54, 1.807) is 6.07 Å². The van der Waals surface area contributed by atoms with Crippen LogP contribution in [0.5, 0.6) is 5.75 Å². The van der Waals surface area contributed by atoms with Gasteiger partial charge < -0.3 is 19.5 Å². The van der Waals surface area contributed by atoms with Crippen LogP contribution < -0.4 is 9.64 Å². The van der Waals surface area contributed by atoms with E-state index in [1.165, 1.54) is 12.8 Å². The summed E-state index contributed by atoms with van der Waals surface area (Å²) >= 11 is 0. The van der Waals surface area contributed by atoms with E-state index in [1.807, 2.05) is 12.1 Å². The first-order valence-electron chi connectivity index (χ1n) is 9.97. The summed E-state index contributed by atoms with van der Waals surface area (Å²) in [5, 5.41) is 9.52. The molecule has 1 N–H and O–H groups in total. The van der Waals surface area contributed by atoms with Gasteiger partial charge >= 0.3 is 5.97 Å². The topological polar surface area (TPSA) is 62.2 Å². The number of aromatic carboxylic acids is 1. The third-order valence-electron chi connectivity index (χ3n) is 5.18. The van der Waals surface area contributed by atoms with Crippen LogP contribution in [-0.2, 0) is 4.74 Å². The molecule has 0 unspecified atom stereocenters. The Morgan fingerprint density at radius 1 is 1.15 bits per heavy atom. The third kappa shape index (κ3) is 5.59. The molecule has 0 saturated carbocycles. The van der Waals surface area contributed by atoms with Crippen LogP contribution >= 0.6 is 0 Å². The number of rotatable bonds is 6. The smallest absolute Gasteiger partial charge is 0.339 e. The average Bonchev–Trinajstić information content (AvgIpc) is 3.15. The Labute approximate surface area is 162 Å². The van der Waals surface area contributed by atoms with Gasteiger partial charge in [-0.15, -0.1) is 0 Å². The molecule has 0 aromatic heterocycles. The second kappa shape index (κ2) is 8.48. The fourth-order valence-electron chi connectivity index (χ4n) is 3.58. The molecule has 2 aliphatic heterocycles. The van der Waals surface area contributed by atoms with E-state index in [9.17, 15) is 9.90 Å². The van der Waals surface area contributed by atoms with E-state index in [-0.39, 0.29) is 17.3 Å². The molecule has 2 aliphatic rings. The standard InChI is InChI=1S/C21H32N2O4/c1-21(2,3)26-15-22-12-8-17(9-13-22)27-19-14-16(23-10-4-5-11-23)6-7-18(19)20(24)25/h6-7,14,17H,4-5,8-13,15H2,1-3H3,(H,24,25). The Balaban J connectivity index is 1.61. The highest BCUT2D eigenvalue weighted by molar-refractivity contribution is 5.91. The highest BCUT2D eigenvalue weighted by atomic mass is 16.5. The number of ether oxygens (including phenoxy) is 2. The summed E-state index contributed by atoms with van der Waals surface area (Å²) < 4.78 is 12.0. The highest BCUT2D eigenvalue weighted by Gasteiger charge is 2.24. The van der Waals surface area contributed by atoms with Gasteiger partial charge in [0.15, 0.2) is 0 Å². The third-order valence-corrected chi connectivity index (χ3v) is 5.18. The molecule has 3 rings (SSSR count). The molecule has 0 radical (unpaired) electrons. The van der Waals surface area contributed by atoms with Crippen molar-refractivity contribution in [3.8, 4) is 5.75 Å². The molecule has 0 atom stereocenters. The monoisotopic (exact) mass is 376 g/mol. The number of anilines is 1. The second-order valence-electron chi connectivity index (χ2n) is 8.50. The molecular weight excluding hydrogens is 344 g/mol. The first-order valence-corrected chi connectivity index (χ1v) is 9.97. The van der Waals surface area contributed by atoms with E-state index in [0.29, 0.717) is 12.5 Å². The van der Waals surface area contributed by atoms with Gasteiger partial charge in [0.2, 0.25) is 0 Å². The summed E-state index contributed by atoms with van der Waals surface area (Å²) in [6, 6.07) is 5.48. The second-order valence-corrected chi connectivity index (χ2v) is 8.50. The molecule has 0 amide bonds. The Hall–Kier alpha value is -1.79. The molecule has 0 spiro atoms. The lowest BCUT2D eigenvalue weighted by atomic mass is 10.1. The van der Waals surface area contributed by atoms with Crippen molar-refractivity contribution in [2.24, 2.45) is 0 Å². The summed E-state index contributed by atoms with van der Waals surface area (Å²) in [4.78, 5) is 16.2. The van der Waals surface area contributed by atoms with Gasteiger partial charge in [-0.3, -0.25) is 4.90 Å². The first-order chi connectivity index (χ1) is 12.8. The fraction of sp³-hybridized carbons (Fsp3) is 0.667. The van der Waals surface area contributed by atoms with E-state index in [2.05, 4.69) is 30.6 Å². The molecule has 1 aromatic rings. The van der Waals surface area contributed by atoms with Gasteiger partial charge in [0.1, 0.15) is 17.4 Å². The summed E-state index contributed by atoms with van der Waals surface area (Å²) in [6.45, 7) is 10.7. The first kappa shape index (κ1) is 20.0. The molecular formula is C21H32N2O4. The number of benzene rings is 1. The number of carboxylic acid groups (broad SMARTS) is 1. The maximum absolute atomic E-state index is 11.6. The van der Waals surface area contributed by atoms with Crippen molar-refractivity contribution in [1.29, 1.82) is 0 Å². The normalized spacial score (nSPS) is 19.4. The minimum absolute atomic E-state index is 0.0443. The lowest BCUT2D eigenvalue weighted by Gasteiger charge is -2.34. The lowest BCUT2D eigenvalue weighted by molar-refractivity contribution is -0.0747. The van der Waals surface area contributed by atoms with E-state index >= 15 is 0 Å². The Kier molecular flexibility index (Phi) is 6.27. The highest BCUT2D eigenvalue weighted by Crippen LogP contribution is 2.30. The van der Waals surface area contributed by atoms with Crippen molar-refractivity contribution >= 4 is 11.7 Å². The maximum atomic E-state index is 11.6. The Bertz CT molecular complexity index is 642. The number of carboxylic acids is 1. The molecule has 0 bridgehead atoms. The zero-order valence-corrected chi connectivity index (χ0v) is 16.7. The zero-order valence-electron chi connectivity index (χ0n) is 16.7. The van der Waals surface area contributed by atoms with E-state index in [4.69, 9.17) is 9.47 Å². The number of likely N-dealkylation sites (tertiary alicyclic amines) is 1. The largest absolute Gasteiger partial charge is 0.489 e. The lowest BCUT2D eigenvalue weighted by Crippen LogP contribution is -2.41. The molecule has 150 valence electrons. The van der Waals surface area contributed by atoms with E-state index < -0.39 is 5.97 Å². The zero-order chi connectivity index (χ0) is 19.4. The van der Waals surface area contributed by atoms with Crippen molar-refractivity contribution in [3.05, 3.63) is 23.8 Å². The van der Waals surface area contributed by atoms with Crippen molar-refractivity contribution in [2.45, 2.75) is 58.2 Å². The van der Waals surface area contributed by atoms with Gasteiger partial charge in [0, 0.05) is 37.9 Å². The van der Waals surface area contributed by atoms with Crippen molar-refractivity contribution in [2.75, 3.05) is 37.8 Å². The Morgan fingerprint density at radius 2 is 1.81 bits per heavy atom. The van der Waals surface area contributed by atoms with Gasteiger partial charge in [0.05, 0.1) is 12.3 Å². The van der Waals surface area contributed by atoms with Crippen LogP contribution in [0.2, 0.25) is 0 Å². The molecule has 2 saturated heterocycles. The fourth-order valence-corrected chi connectivity index (χ4v) is 3.58. The molecule has 6 nitrogen and oxygen atoms in total. The molecule has 2 fully saturated rings. The SMILES string of the molecule is CC(C)(C)OCN1CCC(Oc2cc(N3CCCC3)ccc2C(=O)O)CC1. The van der Waals surface area contributed by atoms with Gasteiger partial charge in [-0.1, -0.05) is 0 Å². The number of hydrogen-bond donors (Lipinski definition) is 1. The Morgan fingerprint density at radius 3 is 2.41 bits per heavy atom. The molecule has 27 heavy (non-hydrogen) atoms. The van der Waals surface area contributed by atoms with Gasteiger partial charge in [0.25, 0.3) is 0 Å². The quantitative estimate of drug-likeness (QED) is 0.818. The van der Waals surface area contributed by atoms with E-state index in [0.717, 1.165) is 44.7 Å². The number of carbonyl (C=O) groups is 1. The van der Waals surface area contributed by atoms with Gasteiger partial charge in [-0.25, -0.2) is 4.79 Å². The van der Waals surface area contributed by atoms with Crippen molar-refractivity contribution in [1.82, 2.24) is 4.90 Å². The van der Waals surface area contributed by atoms with Crippen LogP contribution in [0.1, 0.15) is 56.8 Å². The number of nitrogens with zero attached hydrogens (tertiary/aromatic N) is 2. The predicted octanol–water partition coefficient (Wildman–Crippen LogP) is 3.60. The molecule has 0 aliphatic carbocycles. The van der Waals surface area contributed by atoms with Crippen molar-refractivity contribution in [3.63, 3.8) is 0 Å². The van der Waals surface area contributed by atoms with Crippen LogP contribution in [0, 0.1) is 0 Å². The molecule has 2 heterocycles. The summed E-state index contributed by atoms with van der Waals surface area (Å²) in [6.07, 6.45) is 4.17. The summed E-state index contributed by atoms with van der Waals surface area (Å²) in [7, 11) is 0. The predicted molar refractivity (Wildman–Crippen MR) is 106 cm³/mol. The molecule has 6 heteroatoms. The van der Waals surface area contributed by atoms with Gasteiger partial charge in [-0.2, -0.15) is 0 Å². The van der Waals surface area contributed by atoms with Crippen LogP contribution in [0.25, 0.3) is 0 Å². The number of hydrogen-bond acceptors (Lipinski definition) is 5. The summed E-state index contributed by atoms with van der Waals surface area (Å²) in [5.41, 5.74) is 1.17. The van der Waals surface area contributed by atoms with Crippen molar-refractivity contribution < 1.29 is 19.4 Å². The molecule has 1 aromatic carbocycles. The minimum Gasteiger partial charge on any atom is -0.489 e.